The molecule has 0 radical (unpaired) electrons. The molecule has 2 nitrogen and oxygen atoms in total. The average Bonchev–Trinajstić information content (AvgIpc) is 2.26. The van der Waals surface area contributed by atoms with E-state index in [1.807, 2.05) is 13.0 Å². The minimum absolute atomic E-state index is 0.318. The van der Waals surface area contributed by atoms with E-state index in [1.54, 1.807) is 24.4 Å². The maximum absolute atomic E-state index is 13.9. The van der Waals surface area contributed by atoms with Crippen LogP contribution in [0, 0.1) is 12.7 Å². The molecule has 2 N–H and O–H groups in total. The van der Waals surface area contributed by atoms with E-state index in [2.05, 4.69) is 20.9 Å². The Hall–Kier alpha value is -1.42. The van der Waals surface area contributed by atoms with Crippen molar-refractivity contribution < 1.29 is 4.39 Å². The molecule has 2 rings (SSSR count). The van der Waals surface area contributed by atoms with Crippen LogP contribution in [-0.2, 0) is 0 Å². The van der Waals surface area contributed by atoms with Gasteiger partial charge in [0.1, 0.15) is 11.6 Å². The maximum atomic E-state index is 13.9. The minimum Gasteiger partial charge on any atom is -0.383 e. The molecule has 0 fully saturated rings. The van der Waals surface area contributed by atoms with Gasteiger partial charge >= 0.3 is 0 Å². The van der Waals surface area contributed by atoms with Crippen molar-refractivity contribution in [2.75, 3.05) is 5.73 Å². The molecular weight excluding hydrogens is 271 g/mol. The van der Waals surface area contributed by atoms with Crippen molar-refractivity contribution in [2.45, 2.75) is 6.92 Å². The summed E-state index contributed by atoms with van der Waals surface area (Å²) in [6.07, 6.45) is 1.66. The first-order valence-electron chi connectivity index (χ1n) is 4.76. The quantitative estimate of drug-likeness (QED) is 0.868. The molecule has 0 aliphatic heterocycles. The number of rotatable bonds is 1. The number of nitrogens with zero attached hydrogens (tertiary/aromatic N) is 1. The Morgan fingerprint density at radius 1 is 1.31 bits per heavy atom. The van der Waals surface area contributed by atoms with E-state index in [0.29, 0.717) is 21.4 Å². The Kier molecular flexibility index (Phi) is 2.92. The Morgan fingerprint density at radius 2 is 2.06 bits per heavy atom. The topological polar surface area (TPSA) is 38.9 Å². The lowest BCUT2D eigenvalue weighted by atomic mass is 10.0. The van der Waals surface area contributed by atoms with Crippen LogP contribution < -0.4 is 5.73 Å². The van der Waals surface area contributed by atoms with Crippen LogP contribution in [0.25, 0.3) is 11.1 Å². The second kappa shape index (κ2) is 4.22. The molecule has 1 aromatic heterocycles. The van der Waals surface area contributed by atoms with E-state index < -0.39 is 0 Å². The summed E-state index contributed by atoms with van der Waals surface area (Å²) in [7, 11) is 0. The molecule has 1 aromatic carbocycles. The van der Waals surface area contributed by atoms with E-state index >= 15 is 0 Å². The van der Waals surface area contributed by atoms with Crippen LogP contribution in [0.1, 0.15) is 5.56 Å². The summed E-state index contributed by atoms with van der Waals surface area (Å²) >= 11 is 3.15. The molecular formula is C12H10BrFN2. The third-order valence-electron chi connectivity index (χ3n) is 2.30. The summed E-state index contributed by atoms with van der Waals surface area (Å²) in [4.78, 5) is 4.02. The summed E-state index contributed by atoms with van der Waals surface area (Å²) in [5, 5.41) is 0. The molecule has 0 spiro atoms. The van der Waals surface area contributed by atoms with Gasteiger partial charge < -0.3 is 5.73 Å². The highest BCUT2D eigenvalue weighted by Gasteiger charge is 2.11. The summed E-state index contributed by atoms with van der Waals surface area (Å²) in [5.41, 5.74) is 7.78. The van der Waals surface area contributed by atoms with E-state index in [9.17, 15) is 4.39 Å². The van der Waals surface area contributed by atoms with Gasteiger partial charge in [-0.05, 0) is 40.5 Å². The Labute approximate surface area is 101 Å². The Bertz CT molecular complexity index is 541. The van der Waals surface area contributed by atoms with Crippen molar-refractivity contribution in [3.05, 3.63) is 46.3 Å². The highest BCUT2D eigenvalue weighted by atomic mass is 79.9. The third-order valence-corrected chi connectivity index (χ3v) is 2.91. The standard InChI is InChI=1S/C12H10BrFN2/c1-7-5-9(12(15)16-6-7)8-3-2-4-10(13)11(8)14/h2-6H,1H3,(H2,15,16). The van der Waals surface area contributed by atoms with Gasteiger partial charge in [0.15, 0.2) is 0 Å². The van der Waals surface area contributed by atoms with Gasteiger partial charge in [-0.15, -0.1) is 0 Å². The fraction of sp³-hybridized carbons (Fsp3) is 0.0833. The van der Waals surface area contributed by atoms with E-state index in [-0.39, 0.29) is 5.82 Å². The molecule has 2 aromatic rings. The first-order chi connectivity index (χ1) is 7.59. The number of aromatic nitrogens is 1. The van der Waals surface area contributed by atoms with Crippen molar-refractivity contribution in [3.8, 4) is 11.1 Å². The summed E-state index contributed by atoms with van der Waals surface area (Å²) < 4.78 is 14.3. The van der Waals surface area contributed by atoms with Gasteiger partial charge in [-0.2, -0.15) is 0 Å². The van der Waals surface area contributed by atoms with Crippen LogP contribution in [-0.4, -0.2) is 4.98 Å². The van der Waals surface area contributed by atoms with Crippen molar-refractivity contribution in [3.63, 3.8) is 0 Å². The molecule has 0 unspecified atom stereocenters. The predicted molar refractivity (Wildman–Crippen MR) is 66.5 cm³/mol. The molecule has 82 valence electrons. The third kappa shape index (κ3) is 1.93. The van der Waals surface area contributed by atoms with Crippen LogP contribution in [0.4, 0.5) is 10.2 Å². The lowest BCUT2D eigenvalue weighted by Crippen LogP contribution is -1.96. The Balaban J connectivity index is 2.67. The van der Waals surface area contributed by atoms with Crippen molar-refractivity contribution in [1.29, 1.82) is 0 Å². The number of hydrogen-bond donors (Lipinski definition) is 1. The van der Waals surface area contributed by atoms with Gasteiger partial charge in [0.25, 0.3) is 0 Å². The van der Waals surface area contributed by atoms with E-state index in [1.165, 1.54) is 0 Å². The number of aryl methyl sites for hydroxylation is 1. The second-order valence-corrected chi connectivity index (χ2v) is 4.40. The minimum atomic E-state index is -0.318. The molecule has 0 amide bonds. The molecule has 0 aliphatic rings. The van der Waals surface area contributed by atoms with Crippen LogP contribution >= 0.6 is 15.9 Å². The van der Waals surface area contributed by atoms with Gasteiger partial charge in [-0.25, -0.2) is 9.37 Å². The lowest BCUT2D eigenvalue weighted by Gasteiger charge is -2.08. The predicted octanol–water partition coefficient (Wildman–Crippen LogP) is 3.54. The van der Waals surface area contributed by atoms with Gasteiger partial charge in [-0.3, -0.25) is 0 Å². The second-order valence-electron chi connectivity index (χ2n) is 3.55. The van der Waals surface area contributed by atoms with Crippen molar-refractivity contribution >= 4 is 21.7 Å². The van der Waals surface area contributed by atoms with Gasteiger partial charge in [-0.1, -0.05) is 12.1 Å². The van der Waals surface area contributed by atoms with E-state index in [0.717, 1.165) is 5.56 Å². The number of anilines is 1. The average molecular weight is 281 g/mol. The molecule has 1 heterocycles. The summed E-state index contributed by atoms with van der Waals surface area (Å²) in [5.74, 6) is 0.0178. The summed E-state index contributed by atoms with van der Waals surface area (Å²) in [6, 6.07) is 6.93. The highest BCUT2D eigenvalue weighted by molar-refractivity contribution is 9.10. The van der Waals surface area contributed by atoms with Gasteiger partial charge in [0, 0.05) is 17.3 Å². The zero-order chi connectivity index (χ0) is 11.7. The first-order valence-corrected chi connectivity index (χ1v) is 5.55. The monoisotopic (exact) mass is 280 g/mol. The lowest BCUT2D eigenvalue weighted by molar-refractivity contribution is 0.624. The van der Waals surface area contributed by atoms with Crippen molar-refractivity contribution in [2.24, 2.45) is 0 Å². The van der Waals surface area contributed by atoms with Crippen LogP contribution in [0.2, 0.25) is 0 Å². The zero-order valence-corrected chi connectivity index (χ0v) is 10.3. The number of pyridine rings is 1. The number of nitrogen functional groups attached to an aromatic ring is 1. The zero-order valence-electron chi connectivity index (χ0n) is 8.67. The SMILES string of the molecule is Cc1cnc(N)c(-c2cccc(Br)c2F)c1. The largest absolute Gasteiger partial charge is 0.383 e. The van der Waals surface area contributed by atoms with Gasteiger partial charge in [0.05, 0.1) is 4.47 Å². The van der Waals surface area contributed by atoms with Crippen LogP contribution in [0.3, 0.4) is 0 Å². The fourth-order valence-corrected chi connectivity index (χ4v) is 1.87. The van der Waals surface area contributed by atoms with Gasteiger partial charge in [0.2, 0.25) is 0 Å². The molecule has 0 aliphatic carbocycles. The Morgan fingerprint density at radius 3 is 2.81 bits per heavy atom. The van der Waals surface area contributed by atoms with E-state index in [4.69, 9.17) is 5.73 Å². The molecule has 0 atom stereocenters. The molecule has 0 saturated heterocycles. The fourth-order valence-electron chi connectivity index (χ4n) is 1.51. The smallest absolute Gasteiger partial charge is 0.145 e. The number of halogens is 2. The molecule has 0 bridgehead atoms. The van der Waals surface area contributed by atoms with Crippen molar-refractivity contribution in [1.82, 2.24) is 4.98 Å². The maximum Gasteiger partial charge on any atom is 0.145 e. The molecule has 0 saturated carbocycles. The molecule has 4 heteroatoms. The summed E-state index contributed by atoms with van der Waals surface area (Å²) in [6.45, 7) is 1.89. The van der Waals surface area contributed by atoms with Crippen LogP contribution in [0.15, 0.2) is 34.9 Å². The number of benzene rings is 1. The number of hydrogen-bond acceptors (Lipinski definition) is 2. The first kappa shape index (κ1) is 11.1. The van der Waals surface area contributed by atoms with Crippen LogP contribution in [0.5, 0.6) is 0 Å². The normalized spacial score (nSPS) is 10.4. The highest BCUT2D eigenvalue weighted by Crippen LogP contribution is 2.30. The number of nitrogens with two attached hydrogens (primary N) is 1. The molecule has 16 heavy (non-hydrogen) atoms.